The zero-order valence-corrected chi connectivity index (χ0v) is 26.3. The third-order valence-corrected chi connectivity index (χ3v) is 8.35. The summed E-state index contributed by atoms with van der Waals surface area (Å²) in [5, 5.41) is 12.7. The molecule has 8 nitrogen and oxygen atoms in total. The number of anilines is 3. The van der Waals surface area contributed by atoms with E-state index < -0.39 is 5.60 Å². The van der Waals surface area contributed by atoms with Gasteiger partial charge in [-0.25, -0.2) is 14.5 Å². The van der Waals surface area contributed by atoms with Crippen LogP contribution >= 0.6 is 22.6 Å². The van der Waals surface area contributed by atoms with Gasteiger partial charge in [0.1, 0.15) is 23.0 Å². The number of carbonyl (C=O) groups is 1. The van der Waals surface area contributed by atoms with Crippen LogP contribution in [0.1, 0.15) is 54.4 Å². The molecule has 5 rings (SSSR count). The summed E-state index contributed by atoms with van der Waals surface area (Å²) in [7, 11) is 0. The molecule has 216 valence electrons. The summed E-state index contributed by atoms with van der Waals surface area (Å²) in [5.41, 5.74) is 9.81. The van der Waals surface area contributed by atoms with E-state index in [1.54, 1.807) is 10.9 Å². The molecule has 0 bridgehead atoms. The molecule has 4 N–H and O–H groups in total. The Hall–Kier alpha value is -4.12. The van der Waals surface area contributed by atoms with Crippen molar-refractivity contribution >= 4 is 56.7 Å². The van der Waals surface area contributed by atoms with Crippen molar-refractivity contribution in [1.29, 1.82) is 0 Å². The summed E-state index contributed by atoms with van der Waals surface area (Å²) in [5.74, 6) is 1.74. The molecule has 0 aliphatic carbocycles. The summed E-state index contributed by atoms with van der Waals surface area (Å²) in [6.45, 7) is 8.18. The lowest BCUT2D eigenvalue weighted by Gasteiger charge is -2.28. The minimum absolute atomic E-state index is 0.243. The van der Waals surface area contributed by atoms with Gasteiger partial charge in [-0.3, -0.25) is 5.32 Å². The number of rotatable bonds is 9. The monoisotopic (exact) mass is 674 g/mol. The molecule has 0 spiro atoms. The minimum atomic E-state index is -0.660. The Balaban J connectivity index is 1.41. The molecule has 2 heterocycles. The van der Waals surface area contributed by atoms with Crippen molar-refractivity contribution in [3.05, 3.63) is 102 Å². The lowest BCUT2D eigenvalue weighted by Crippen LogP contribution is -2.26. The SMILES string of the molecule is CCCC(I)c1cc(NC(=O)Nc2ccc(OC(C)(C)c3ccnc(N)c3)c3ccccc23)n(-c2ccc(C)cc2)n1. The summed E-state index contributed by atoms with van der Waals surface area (Å²) in [4.78, 5) is 17.5. The number of aryl methyl sites for hydroxylation is 1. The van der Waals surface area contributed by atoms with Crippen LogP contribution in [0.25, 0.3) is 16.5 Å². The van der Waals surface area contributed by atoms with E-state index in [-0.39, 0.29) is 9.96 Å². The summed E-state index contributed by atoms with van der Waals surface area (Å²) < 4.78 is 8.54. The van der Waals surface area contributed by atoms with E-state index in [0.717, 1.165) is 46.1 Å². The molecule has 3 aromatic carbocycles. The van der Waals surface area contributed by atoms with E-state index in [1.807, 2.05) is 99.6 Å². The van der Waals surface area contributed by atoms with E-state index in [1.165, 1.54) is 0 Å². The van der Waals surface area contributed by atoms with Crippen LogP contribution in [0.3, 0.4) is 0 Å². The van der Waals surface area contributed by atoms with Gasteiger partial charge in [-0.2, -0.15) is 5.10 Å². The lowest BCUT2D eigenvalue weighted by atomic mass is 9.98. The van der Waals surface area contributed by atoms with Gasteiger partial charge in [-0.1, -0.05) is 77.9 Å². The van der Waals surface area contributed by atoms with E-state index in [2.05, 4.69) is 45.1 Å². The van der Waals surface area contributed by atoms with Crippen molar-refractivity contribution in [1.82, 2.24) is 14.8 Å². The van der Waals surface area contributed by atoms with Crippen LogP contribution in [0, 0.1) is 6.92 Å². The topological polar surface area (TPSA) is 107 Å². The van der Waals surface area contributed by atoms with Gasteiger partial charge in [0.05, 0.1) is 21.0 Å². The average Bonchev–Trinajstić information content (AvgIpc) is 3.38. The lowest BCUT2D eigenvalue weighted by molar-refractivity contribution is 0.111. The second-order valence-electron chi connectivity index (χ2n) is 10.8. The molecule has 0 radical (unpaired) electrons. The quantitative estimate of drug-likeness (QED) is 0.107. The van der Waals surface area contributed by atoms with Gasteiger partial charge in [0.25, 0.3) is 0 Å². The zero-order chi connectivity index (χ0) is 29.9. The molecular formula is C33H35IN6O2. The van der Waals surface area contributed by atoms with Crippen LogP contribution in [-0.2, 0) is 5.60 Å². The van der Waals surface area contributed by atoms with Crippen LogP contribution in [0.2, 0.25) is 0 Å². The number of benzene rings is 3. The van der Waals surface area contributed by atoms with Crippen molar-refractivity contribution in [2.75, 3.05) is 16.4 Å². The second kappa shape index (κ2) is 12.4. The molecule has 1 unspecified atom stereocenters. The maximum absolute atomic E-state index is 13.4. The number of nitrogen functional groups attached to an aromatic ring is 1. The standard InChI is InChI=1S/C33H35IN6O2/c1-5-8-26(34)28-20-31(40(39-28)23-13-11-21(2)12-14-23)38-32(41)37-27-15-16-29(25-10-7-6-9-24(25)27)42-33(3,4)22-17-18-36-30(35)19-22/h6-7,9-20,26H,5,8H2,1-4H3,(H2,35,36)(H2,37,38,41). The van der Waals surface area contributed by atoms with Gasteiger partial charge in [0.2, 0.25) is 0 Å². The molecule has 9 heteroatoms. The molecule has 42 heavy (non-hydrogen) atoms. The first-order valence-corrected chi connectivity index (χ1v) is 15.2. The Morgan fingerprint density at radius 2 is 1.76 bits per heavy atom. The Morgan fingerprint density at radius 1 is 1.02 bits per heavy atom. The number of urea groups is 1. The van der Waals surface area contributed by atoms with Crippen molar-refractivity contribution in [2.45, 2.75) is 50.1 Å². The highest BCUT2D eigenvalue weighted by Crippen LogP contribution is 2.37. The fourth-order valence-corrected chi connectivity index (χ4v) is 5.75. The molecule has 5 aromatic rings. The van der Waals surface area contributed by atoms with Crippen molar-refractivity contribution in [3.8, 4) is 11.4 Å². The Labute approximate surface area is 259 Å². The highest BCUT2D eigenvalue weighted by molar-refractivity contribution is 14.1. The molecule has 0 fully saturated rings. The highest BCUT2D eigenvalue weighted by atomic mass is 127. The molecule has 0 saturated carbocycles. The first kappa shape index (κ1) is 29.4. The molecule has 0 saturated heterocycles. The molecule has 0 aliphatic heterocycles. The molecule has 2 aromatic heterocycles. The number of hydrogen-bond donors (Lipinski definition) is 3. The maximum atomic E-state index is 13.4. The molecule has 1 atom stereocenters. The van der Waals surface area contributed by atoms with E-state index in [9.17, 15) is 4.79 Å². The van der Waals surface area contributed by atoms with Crippen molar-refractivity contribution in [2.24, 2.45) is 0 Å². The van der Waals surface area contributed by atoms with Gasteiger partial charge in [-0.15, -0.1) is 0 Å². The predicted molar refractivity (Wildman–Crippen MR) is 179 cm³/mol. The normalized spacial score (nSPS) is 12.2. The third kappa shape index (κ3) is 6.51. The maximum Gasteiger partial charge on any atom is 0.324 e. The minimum Gasteiger partial charge on any atom is -0.483 e. The van der Waals surface area contributed by atoms with Crippen LogP contribution in [-0.4, -0.2) is 20.8 Å². The molecule has 0 aliphatic rings. The first-order valence-electron chi connectivity index (χ1n) is 14.0. The number of ether oxygens (including phenoxy) is 1. The van der Waals surface area contributed by atoms with Gasteiger partial charge in [-0.05, 0) is 69.2 Å². The van der Waals surface area contributed by atoms with Crippen LogP contribution in [0.15, 0.2) is 85.1 Å². The van der Waals surface area contributed by atoms with Crippen molar-refractivity contribution in [3.63, 3.8) is 0 Å². The number of amides is 2. The summed E-state index contributed by atoms with van der Waals surface area (Å²) in [6.07, 6.45) is 3.73. The van der Waals surface area contributed by atoms with Crippen LogP contribution < -0.4 is 21.1 Å². The Bertz CT molecular complexity index is 1710. The number of carbonyl (C=O) groups excluding carboxylic acids is 1. The van der Waals surface area contributed by atoms with E-state index >= 15 is 0 Å². The average molecular weight is 675 g/mol. The van der Waals surface area contributed by atoms with Gasteiger partial charge in [0.15, 0.2) is 0 Å². The van der Waals surface area contributed by atoms with E-state index in [4.69, 9.17) is 15.6 Å². The molecule has 2 amide bonds. The Kier molecular flexibility index (Phi) is 8.67. The summed E-state index contributed by atoms with van der Waals surface area (Å²) >= 11 is 2.42. The Morgan fingerprint density at radius 3 is 2.48 bits per heavy atom. The first-order chi connectivity index (χ1) is 20.1. The fraction of sp³-hybridized carbons (Fsp3) is 0.242. The number of nitrogens with zero attached hydrogens (tertiary/aromatic N) is 3. The van der Waals surface area contributed by atoms with Crippen molar-refractivity contribution < 1.29 is 9.53 Å². The predicted octanol–water partition coefficient (Wildman–Crippen LogP) is 8.55. The van der Waals surface area contributed by atoms with Gasteiger partial charge >= 0.3 is 6.03 Å². The number of hydrogen-bond acceptors (Lipinski definition) is 5. The summed E-state index contributed by atoms with van der Waals surface area (Å²) in [6, 6.07) is 25.0. The smallest absolute Gasteiger partial charge is 0.324 e. The van der Waals surface area contributed by atoms with Gasteiger partial charge < -0.3 is 15.8 Å². The number of alkyl halides is 1. The van der Waals surface area contributed by atoms with E-state index in [0.29, 0.717) is 23.1 Å². The second-order valence-corrected chi connectivity index (χ2v) is 12.3. The number of nitrogens with one attached hydrogen (secondary N) is 2. The van der Waals surface area contributed by atoms with Crippen LogP contribution in [0.5, 0.6) is 5.75 Å². The fourth-order valence-electron chi connectivity index (χ4n) is 4.82. The third-order valence-electron chi connectivity index (χ3n) is 7.09. The zero-order valence-electron chi connectivity index (χ0n) is 24.2. The van der Waals surface area contributed by atoms with Gasteiger partial charge in [0, 0.05) is 23.0 Å². The largest absolute Gasteiger partial charge is 0.483 e. The molecular weight excluding hydrogens is 639 g/mol. The number of aromatic nitrogens is 3. The highest BCUT2D eigenvalue weighted by Gasteiger charge is 2.25. The number of fused-ring (bicyclic) bond motifs is 1. The number of nitrogens with two attached hydrogens (primary N) is 1. The van der Waals surface area contributed by atoms with Crippen LogP contribution in [0.4, 0.5) is 22.1 Å². The number of pyridine rings is 1. The number of halogens is 1.